The minimum Gasteiger partial charge on any atom is -0.287 e. The minimum atomic E-state index is -3.53. The molecule has 2 atom stereocenters. The third-order valence-corrected chi connectivity index (χ3v) is 6.60. The van der Waals surface area contributed by atoms with Crippen LogP contribution in [0.2, 0.25) is 0 Å². The molecular formula is C21H28N2O2S. The van der Waals surface area contributed by atoms with Crippen molar-refractivity contribution in [3.63, 3.8) is 0 Å². The van der Waals surface area contributed by atoms with E-state index in [-0.39, 0.29) is 12.1 Å². The fraction of sp³-hybridized carbons (Fsp3) is 0.429. The number of sulfonamides is 1. The van der Waals surface area contributed by atoms with Crippen molar-refractivity contribution in [2.24, 2.45) is 0 Å². The lowest BCUT2D eigenvalue weighted by atomic mass is 9.95. The number of nitrogens with zero attached hydrogens (tertiary/aromatic N) is 1. The van der Waals surface area contributed by atoms with Gasteiger partial charge in [-0.1, -0.05) is 61.9 Å². The van der Waals surface area contributed by atoms with Crippen LogP contribution >= 0.6 is 0 Å². The summed E-state index contributed by atoms with van der Waals surface area (Å²) >= 11 is 0. The summed E-state index contributed by atoms with van der Waals surface area (Å²) in [7, 11) is -3.53. The Morgan fingerprint density at radius 2 is 1.50 bits per heavy atom. The molecule has 26 heavy (non-hydrogen) atoms. The Morgan fingerprint density at radius 1 is 0.923 bits per heavy atom. The van der Waals surface area contributed by atoms with Crippen LogP contribution < -0.4 is 4.72 Å². The van der Waals surface area contributed by atoms with Crippen molar-refractivity contribution in [3.8, 4) is 0 Å². The average molecular weight is 373 g/mol. The molecule has 0 bridgehead atoms. The van der Waals surface area contributed by atoms with E-state index in [1.54, 1.807) is 24.3 Å². The first kappa shape index (κ1) is 19.1. The fourth-order valence-electron chi connectivity index (χ4n) is 3.60. The Hall–Kier alpha value is -1.69. The van der Waals surface area contributed by atoms with Gasteiger partial charge in [0.25, 0.3) is 0 Å². The standard InChI is InChI=1S/C21H28N2O2S/c1-18(19-11-5-2-6-12-19)17-21(23-15-9-4-10-16-23)22-26(24,25)20-13-7-3-8-14-20/h2-3,5-8,11-14,18,21-22H,4,9-10,15-17H2,1H3. The second-order valence-corrected chi connectivity index (χ2v) is 8.81. The maximum Gasteiger partial charge on any atom is 0.241 e. The van der Waals surface area contributed by atoms with Crippen molar-refractivity contribution in [1.82, 2.24) is 9.62 Å². The van der Waals surface area contributed by atoms with Gasteiger partial charge >= 0.3 is 0 Å². The van der Waals surface area contributed by atoms with Crippen LogP contribution in [0.15, 0.2) is 65.6 Å². The minimum absolute atomic E-state index is 0.185. The van der Waals surface area contributed by atoms with Crippen LogP contribution in [0.4, 0.5) is 0 Å². The average Bonchev–Trinajstić information content (AvgIpc) is 2.69. The molecule has 2 unspecified atom stereocenters. The predicted molar refractivity (Wildman–Crippen MR) is 105 cm³/mol. The summed E-state index contributed by atoms with van der Waals surface area (Å²) in [6, 6.07) is 19.0. The first-order chi connectivity index (χ1) is 12.6. The highest BCUT2D eigenvalue weighted by Crippen LogP contribution is 2.24. The monoisotopic (exact) mass is 372 g/mol. The maximum atomic E-state index is 12.9. The van der Waals surface area contributed by atoms with Crippen LogP contribution in [-0.2, 0) is 10.0 Å². The number of nitrogens with one attached hydrogen (secondary N) is 1. The van der Waals surface area contributed by atoms with Gasteiger partial charge < -0.3 is 0 Å². The summed E-state index contributed by atoms with van der Waals surface area (Å²) in [5.74, 6) is 0.279. The van der Waals surface area contributed by atoms with Gasteiger partial charge in [-0.2, -0.15) is 4.72 Å². The van der Waals surface area contributed by atoms with E-state index in [1.165, 1.54) is 12.0 Å². The highest BCUT2D eigenvalue weighted by atomic mass is 32.2. The molecule has 0 amide bonds. The molecule has 140 valence electrons. The Labute approximate surface area is 157 Å². The molecule has 1 saturated heterocycles. The molecule has 0 spiro atoms. The Kier molecular flexibility index (Phi) is 6.46. The third kappa shape index (κ3) is 4.93. The number of benzene rings is 2. The summed E-state index contributed by atoms with van der Waals surface area (Å²) in [4.78, 5) is 2.62. The lowest BCUT2D eigenvalue weighted by molar-refractivity contribution is 0.141. The molecule has 0 aromatic heterocycles. The number of piperidine rings is 1. The van der Waals surface area contributed by atoms with Gasteiger partial charge in [-0.3, -0.25) is 4.90 Å². The second kappa shape index (κ2) is 8.80. The lowest BCUT2D eigenvalue weighted by Crippen LogP contribution is -2.50. The largest absolute Gasteiger partial charge is 0.287 e. The summed E-state index contributed by atoms with van der Waals surface area (Å²) in [5.41, 5.74) is 1.24. The molecule has 0 aliphatic carbocycles. The van der Waals surface area contributed by atoms with Crippen LogP contribution in [0.1, 0.15) is 44.1 Å². The molecule has 1 aliphatic heterocycles. The zero-order chi connectivity index (χ0) is 18.4. The predicted octanol–water partition coefficient (Wildman–Crippen LogP) is 3.97. The molecule has 2 aromatic carbocycles. The zero-order valence-corrected chi connectivity index (χ0v) is 16.2. The molecule has 4 nitrogen and oxygen atoms in total. The first-order valence-corrected chi connectivity index (χ1v) is 10.9. The molecule has 5 heteroatoms. The van der Waals surface area contributed by atoms with E-state index in [1.807, 2.05) is 24.3 Å². The van der Waals surface area contributed by atoms with Crippen LogP contribution in [-0.4, -0.2) is 32.6 Å². The van der Waals surface area contributed by atoms with Crippen molar-refractivity contribution in [3.05, 3.63) is 66.2 Å². The van der Waals surface area contributed by atoms with Gasteiger partial charge in [-0.05, 0) is 56.0 Å². The Morgan fingerprint density at radius 3 is 2.12 bits per heavy atom. The van der Waals surface area contributed by atoms with E-state index < -0.39 is 10.0 Å². The third-order valence-electron chi connectivity index (χ3n) is 5.12. The first-order valence-electron chi connectivity index (χ1n) is 9.42. The van der Waals surface area contributed by atoms with Crippen molar-refractivity contribution in [2.75, 3.05) is 13.1 Å². The molecule has 0 saturated carbocycles. The highest BCUT2D eigenvalue weighted by Gasteiger charge is 2.28. The van der Waals surface area contributed by atoms with Gasteiger partial charge in [-0.25, -0.2) is 8.42 Å². The molecule has 3 rings (SSSR count). The van der Waals surface area contributed by atoms with Gasteiger partial charge in [0, 0.05) is 0 Å². The number of hydrogen-bond acceptors (Lipinski definition) is 3. The van der Waals surface area contributed by atoms with E-state index >= 15 is 0 Å². The lowest BCUT2D eigenvalue weighted by Gasteiger charge is -2.36. The van der Waals surface area contributed by atoms with Crippen LogP contribution in [0, 0.1) is 0 Å². The second-order valence-electron chi connectivity index (χ2n) is 7.09. The molecule has 0 radical (unpaired) electrons. The van der Waals surface area contributed by atoms with E-state index in [0.29, 0.717) is 4.90 Å². The van der Waals surface area contributed by atoms with Crippen LogP contribution in [0.3, 0.4) is 0 Å². The van der Waals surface area contributed by atoms with Crippen molar-refractivity contribution in [1.29, 1.82) is 0 Å². The van der Waals surface area contributed by atoms with Gasteiger partial charge in [-0.15, -0.1) is 0 Å². The highest BCUT2D eigenvalue weighted by molar-refractivity contribution is 7.89. The van der Waals surface area contributed by atoms with E-state index in [0.717, 1.165) is 32.4 Å². The van der Waals surface area contributed by atoms with Crippen LogP contribution in [0.25, 0.3) is 0 Å². The normalized spacial score (nSPS) is 18.3. The van der Waals surface area contributed by atoms with Gasteiger partial charge in [0.05, 0.1) is 11.1 Å². The topological polar surface area (TPSA) is 49.4 Å². The van der Waals surface area contributed by atoms with Gasteiger partial charge in [0.1, 0.15) is 0 Å². The smallest absolute Gasteiger partial charge is 0.241 e. The van der Waals surface area contributed by atoms with E-state index in [4.69, 9.17) is 0 Å². The summed E-state index contributed by atoms with van der Waals surface area (Å²) in [6.45, 7) is 4.07. The van der Waals surface area contributed by atoms with E-state index in [9.17, 15) is 8.42 Å². The van der Waals surface area contributed by atoms with Crippen molar-refractivity contribution in [2.45, 2.75) is 49.6 Å². The molecule has 1 N–H and O–H groups in total. The van der Waals surface area contributed by atoms with Crippen LogP contribution in [0.5, 0.6) is 0 Å². The van der Waals surface area contributed by atoms with E-state index in [2.05, 4.69) is 28.7 Å². The Balaban J connectivity index is 1.79. The van der Waals surface area contributed by atoms with Gasteiger partial charge in [0.2, 0.25) is 10.0 Å². The van der Waals surface area contributed by atoms with Gasteiger partial charge in [0.15, 0.2) is 0 Å². The van der Waals surface area contributed by atoms with Crippen molar-refractivity contribution >= 4 is 10.0 Å². The molecule has 1 aliphatic rings. The summed E-state index contributed by atoms with van der Waals surface area (Å²) in [5, 5.41) is 0. The van der Waals surface area contributed by atoms with Crippen molar-refractivity contribution < 1.29 is 8.42 Å². The SMILES string of the molecule is CC(CC(NS(=O)(=O)c1ccccc1)N1CCCCC1)c1ccccc1. The molecule has 1 fully saturated rings. The number of rotatable bonds is 7. The molecular weight excluding hydrogens is 344 g/mol. The zero-order valence-electron chi connectivity index (χ0n) is 15.3. The quantitative estimate of drug-likeness (QED) is 0.800. The summed E-state index contributed by atoms with van der Waals surface area (Å²) < 4.78 is 28.7. The maximum absolute atomic E-state index is 12.9. The summed E-state index contributed by atoms with van der Waals surface area (Å²) in [6.07, 6.45) is 4.06. The number of likely N-dealkylation sites (tertiary alicyclic amines) is 1. The molecule has 1 heterocycles. The number of hydrogen-bond donors (Lipinski definition) is 1. The Bertz CT molecular complexity index is 772. The molecule has 2 aromatic rings. The fourth-order valence-corrected chi connectivity index (χ4v) is 4.86.